The summed E-state index contributed by atoms with van der Waals surface area (Å²) in [6, 6.07) is 0. The lowest BCUT2D eigenvalue weighted by molar-refractivity contribution is -0.384. The van der Waals surface area contributed by atoms with Crippen LogP contribution in [0.1, 0.15) is 27.7 Å². The Hall–Kier alpha value is -1.17. The molecular weight excluding hydrogens is 310 g/mol. The first-order valence-electron chi connectivity index (χ1n) is 6.36. The predicted octanol–water partition coefficient (Wildman–Crippen LogP) is 4.09. The molecule has 19 heavy (non-hydrogen) atoms. The number of pyridine rings is 1. The summed E-state index contributed by atoms with van der Waals surface area (Å²) in [6.45, 7) is 9.38. The number of nitrogens with zero attached hydrogens (tertiary/aromatic N) is 2. The zero-order chi connectivity index (χ0) is 14.6. The second kappa shape index (κ2) is 6.84. The normalized spacial score (nSPS) is 11.4. The van der Waals surface area contributed by atoms with Crippen LogP contribution in [0.2, 0.25) is 0 Å². The molecule has 1 aromatic rings. The molecule has 6 heteroatoms. The number of hydrogen-bond donors (Lipinski definition) is 1. The zero-order valence-electron chi connectivity index (χ0n) is 11.7. The van der Waals surface area contributed by atoms with Crippen molar-refractivity contribution in [1.82, 2.24) is 4.98 Å². The maximum absolute atomic E-state index is 11.0. The fraction of sp³-hybridized carbons (Fsp3) is 0.615. The summed E-state index contributed by atoms with van der Waals surface area (Å²) in [6.07, 6.45) is 2.84. The van der Waals surface area contributed by atoms with E-state index in [2.05, 4.69) is 53.9 Å². The predicted molar refractivity (Wildman–Crippen MR) is 80.2 cm³/mol. The van der Waals surface area contributed by atoms with E-state index in [1.807, 2.05) is 0 Å². The van der Waals surface area contributed by atoms with Crippen LogP contribution in [0.5, 0.6) is 0 Å². The molecule has 0 bridgehead atoms. The van der Waals surface area contributed by atoms with E-state index in [0.29, 0.717) is 34.5 Å². The van der Waals surface area contributed by atoms with Gasteiger partial charge < -0.3 is 5.32 Å². The lowest BCUT2D eigenvalue weighted by Gasteiger charge is -2.25. The molecule has 0 aliphatic rings. The van der Waals surface area contributed by atoms with Crippen LogP contribution in [0.25, 0.3) is 0 Å². The molecule has 0 aromatic carbocycles. The minimum Gasteiger partial charge on any atom is -0.378 e. The first-order chi connectivity index (χ1) is 8.84. The summed E-state index contributed by atoms with van der Waals surface area (Å²) < 4.78 is 0.618. The molecule has 0 saturated carbocycles. The van der Waals surface area contributed by atoms with Gasteiger partial charge in [0.15, 0.2) is 0 Å². The van der Waals surface area contributed by atoms with Crippen molar-refractivity contribution in [3.05, 3.63) is 27.0 Å². The number of halogens is 1. The van der Waals surface area contributed by atoms with E-state index in [4.69, 9.17) is 0 Å². The highest BCUT2D eigenvalue weighted by atomic mass is 79.9. The molecule has 0 fully saturated rings. The Balaban J connectivity index is 2.90. The van der Waals surface area contributed by atoms with E-state index in [9.17, 15) is 10.1 Å². The van der Waals surface area contributed by atoms with Gasteiger partial charge in [0.2, 0.25) is 0 Å². The van der Waals surface area contributed by atoms with Crippen LogP contribution in [0.15, 0.2) is 16.9 Å². The van der Waals surface area contributed by atoms with Crippen molar-refractivity contribution in [3.63, 3.8) is 0 Å². The second-order valence-electron chi connectivity index (χ2n) is 5.31. The average molecular weight is 330 g/mol. The molecular formula is C13H20BrN3O2. The Kier molecular flexibility index (Phi) is 5.72. The lowest BCUT2D eigenvalue weighted by atomic mass is 9.85. The number of anilines is 1. The molecule has 0 radical (unpaired) electrons. The number of nitrogens with one attached hydrogen (secondary N) is 1. The van der Waals surface area contributed by atoms with Gasteiger partial charge in [0.1, 0.15) is 11.9 Å². The van der Waals surface area contributed by atoms with E-state index >= 15 is 0 Å². The molecule has 0 aliphatic carbocycles. The van der Waals surface area contributed by atoms with Crippen molar-refractivity contribution in [2.75, 3.05) is 11.9 Å². The Labute approximate surface area is 122 Å². The molecule has 0 aliphatic heterocycles. The summed E-state index contributed by atoms with van der Waals surface area (Å²) in [7, 11) is 0. The first kappa shape index (κ1) is 15.9. The fourth-order valence-electron chi connectivity index (χ4n) is 2.20. The summed E-state index contributed by atoms with van der Waals surface area (Å²) in [4.78, 5) is 14.4. The molecule has 1 N–H and O–H groups in total. The highest BCUT2D eigenvalue weighted by Gasteiger charge is 2.21. The molecule has 106 valence electrons. The third-order valence-corrected chi connectivity index (χ3v) is 3.90. The van der Waals surface area contributed by atoms with Crippen molar-refractivity contribution in [1.29, 1.82) is 0 Å². The maximum atomic E-state index is 11.0. The van der Waals surface area contributed by atoms with Crippen LogP contribution < -0.4 is 5.32 Å². The molecule has 1 rings (SSSR count). The number of rotatable bonds is 6. The SMILES string of the molecule is CC(C)C(CNc1c(Br)cncc1[N+](=O)[O-])C(C)C. The molecule has 1 aromatic heterocycles. The van der Waals surface area contributed by atoms with E-state index in [-0.39, 0.29) is 5.69 Å². The van der Waals surface area contributed by atoms with Crippen LogP contribution >= 0.6 is 15.9 Å². The monoisotopic (exact) mass is 329 g/mol. The molecule has 0 spiro atoms. The topological polar surface area (TPSA) is 68.1 Å². The number of hydrogen-bond acceptors (Lipinski definition) is 4. The van der Waals surface area contributed by atoms with Gasteiger partial charge in [-0.3, -0.25) is 15.1 Å². The maximum Gasteiger partial charge on any atom is 0.311 e. The lowest BCUT2D eigenvalue weighted by Crippen LogP contribution is -2.25. The number of aromatic nitrogens is 1. The van der Waals surface area contributed by atoms with Crippen LogP contribution in [0.4, 0.5) is 11.4 Å². The first-order valence-corrected chi connectivity index (χ1v) is 7.15. The molecule has 5 nitrogen and oxygen atoms in total. The Morgan fingerprint density at radius 1 is 1.32 bits per heavy atom. The van der Waals surface area contributed by atoms with E-state index in [0.717, 1.165) is 0 Å². The molecule has 0 unspecified atom stereocenters. The minimum atomic E-state index is -0.417. The summed E-state index contributed by atoms with van der Waals surface area (Å²) >= 11 is 3.31. The van der Waals surface area contributed by atoms with Crippen molar-refractivity contribution in [2.45, 2.75) is 27.7 Å². The largest absolute Gasteiger partial charge is 0.378 e. The summed E-state index contributed by atoms with van der Waals surface area (Å²) in [5.41, 5.74) is 0.506. The average Bonchev–Trinajstić information content (AvgIpc) is 2.29. The van der Waals surface area contributed by atoms with Crippen molar-refractivity contribution >= 4 is 27.3 Å². The molecule has 0 saturated heterocycles. The molecule has 1 heterocycles. The highest BCUT2D eigenvalue weighted by molar-refractivity contribution is 9.10. The highest BCUT2D eigenvalue weighted by Crippen LogP contribution is 2.32. The van der Waals surface area contributed by atoms with E-state index in [1.54, 1.807) is 6.20 Å². The van der Waals surface area contributed by atoms with Gasteiger partial charge in [-0.1, -0.05) is 27.7 Å². The van der Waals surface area contributed by atoms with Crippen LogP contribution in [0.3, 0.4) is 0 Å². The van der Waals surface area contributed by atoms with Gasteiger partial charge in [0.05, 0.1) is 9.40 Å². The Morgan fingerprint density at radius 2 is 1.89 bits per heavy atom. The van der Waals surface area contributed by atoms with Crippen LogP contribution in [0, 0.1) is 27.9 Å². The van der Waals surface area contributed by atoms with E-state index < -0.39 is 4.92 Å². The zero-order valence-corrected chi connectivity index (χ0v) is 13.3. The minimum absolute atomic E-state index is 0.000590. The third-order valence-electron chi connectivity index (χ3n) is 3.30. The number of nitro groups is 1. The van der Waals surface area contributed by atoms with Crippen LogP contribution in [-0.2, 0) is 0 Å². The Morgan fingerprint density at radius 3 is 2.37 bits per heavy atom. The van der Waals surface area contributed by atoms with Gasteiger partial charge in [0, 0.05) is 12.7 Å². The third kappa shape index (κ3) is 4.16. The van der Waals surface area contributed by atoms with E-state index in [1.165, 1.54) is 6.20 Å². The van der Waals surface area contributed by atoms with Crippen LogP contribution in [-0.4, -0.2) is 16.5 Å². The van der Waals surface area contributed by atoms with Gasteiger partial charge in [-0.05, 0) is 33.7 Å². The van der Waals surface area contributed by atoms with Crippen molar-refractivity contribution in [2.24, 2.45) is 17.8 Å². The molecule has 0 amide bonds. The van der Waals surface area contributed by atoms with Gasteiger partial charge in [-0.2, -0.15) is 0 Å². The quantitative estimate of drug-likeness (QED) is 0.630. The second-order valence-corrected chi connectivity index (χ2v) is 6.16. The smallest absolute Gasteiger partial charge is 0.311 e. The van der Waals surface area contributed by atoms with Crippen molar-refractivity contribution in [3.8, 4) is 0 Å². The summed E-state index contributed by atoms with van der Waals surface area (Å²) in [5, 5.41) is 14.2. The molecule has 0 atom stereocenters. The summed E-state index contributed by atoms with van der Waals surface area (Å²) in [5.74, 6) is 1.50. The standard InChI is InChI=1S/C13H20BrN3O2/c1-8(2)10(9(3)4)5-16-13-11(14)6-15-7-12(13)17(18)19/h6-10H,5H2,1-4H3,(H,15,16). The Bertz CT molecular complexity index is 442. The van der Waals surface area contributed by atoms with Crippen molar-refractivity contribution < 1.29 is 4.92 Å². The van der Waals surface area contributed by atoms with Gasteiger partial charge in [-0.25, -0.2) is 0 Å². The fourth-order valence-corrected chi connectivity index (χ4v) is 2.66. The van der Waals surface area contributed by atoms with Gasteiger partial charge in [0.25, 0.3) is 0 Å². The van der Waals surface area contributed by atoms with Gasteiger partial charge >= 0.3 is 5.69 Å². The van der Waals surface area contributed by atoms with Gasteiger partial charge in [-0.15, -0.1) is 0 Å².